The summed E-state index contributed by atoms with van der Waals surface area (Å²) in [5.41, 5.74) is 2.94. The summed E-state index contributed by atoms with van der Waals surface area (Å²) in [6.07, 6.45) is 2.42. The minimum Gasteiger partial charge on any atom is -0.369 e. The molecule has 6 heteroatoms. The van der Waals surface area contributed by atoms with Crippen LogP contribution in [0.25, 0.3) is 0 Å². The molecule has 2 heterocycles. The lowest BCUT2D eigenvalue weighted by Gasteiger charge is -2.38. The molecular formula is C15H28N6. The Morgan fingerprint density at radius 3 is 2.48 bits per heavy atom. The van der Waals surface area contributed by atoms with E-state index in [4.69, 9.17) is 5.84 Å². The normalized spacial score (nSPS) is 18.8. The molecule has 0 spiro atoms. The van der Waals surface area contributed by atoms with Crippen molar-refractivity contribution in [2.24, 2.45) is 11.3 Å². The van der Waals surface area contributed by atoms with Crippen LogP contribution in [-0.2, 0) is 0 Å². The zero-order chi connectivity index (χ0) is 15.5. The second-order valence-electron chi connectivity index (χ2n) is 6.76. The molecule has 0 unspecified atom stereocenters. The first-order chi connectivity index (χ1) is 9.92. The molecule has 6 nitrogen and oxygen atoms in total. The van der Waals surface area contributed by atoms with Crippen molar-refractivity contribution in [1.29, 1.82) is 0 Å². The lowest BCUT2D eigenvalue weighted by Crippen LogP contribution is -2.40. The molecule has 118 valence electrons. The summed E-state index contributed by atoms with van der Waals surface area (Å²) >= 11 is 0. The van der Waals surface area contributed by atoms with Crippen LogP contribution in [0.3, 0.4) is 0 Å². The van der Waals surface area contributed by atoms with E-state index in [0.29, 0.717) is 11.2 Å². The summed E-state index contributed by atoms with van der Waals surface area (Å²) in [5, 5.41) is 3.47. The maximum absolute atomic E-state index is 5.49. The van der Waals surface area contributed by atoms with Gasteiger partial charge in [0, 0.05) is 18.5 Å². The van der Waals surface area contributed by atoms with E-state index in [9.17, 15) is 0 Å². The van der Waals surface area contributed by atoms with Crippen molar-refractivity contribution in [1.82, 2.24) is 14.9 Å². The first-order valence-corrected chi connectivity index (χ1v) is 7.70. The quantitative estimate of drug-likeness (QED) is 0.569. The fourth-order valence-corrected chi connectivity index (χ4v) is 2.53. The van der Waals surface area contributed by atoms with Crippen molar-refractivity contribution in [2.75, 3.05) is 37.4 Å². The van der Waals surface area contributed by atoms with Crippen molar-refractivity contribution < 1.29 is 0 Å². The van der Waals surface area contributed by atoms with Crippen LogP contribution in [-0.4, -0.2) is 41.5 Å². The number of aromatic nitrogens is 2. The van der Waals surface area contributed by atoms with Crippen molar-refractivity contribution in [3.63, 3.8) is 0 Å². The average molecular weight is 292 g/mol. The number of rotatable bonds is 5. The number of anilines is 2. The van der Waals surface area contributed by atoms with Gasteiger partial charge in [-0.1, -0.05) is 20.8 Å². The Morgan fingerprint density at radius 1 is 1.29 bits per heavy atom. The number of hydrogen-bond donors (Lipinski definition) is 3. The highest BCUT2D eigenvalue weighted by Crippen LogP contribution is 2.30. The smallest absolute Gasteiger partial charge is 0.145 e. The lowest BCUT2D eigenvalue weighted by molar-refractivity contribution is 0.150. The molecular weight excluding hydrogens is 264 g/mol. The number of hydrogen-bond acceptors (Lipinski definition) is 6. The zero-order valence-electron chi connectivity index (χ0n) is 13.6. The van der Waals surface area contributed by atoms with Crippen LogP contribution in [0.2, 0.25) is 0 Å². The van der Waals surface area contributed by atoms with Gasteiger partial charge < -0.3 is 15.6 Å². The Bertz CT molecular complexity index is 465. The van der Waals surface area contributed by atoms with E-state index in [1.807, 2.05) is 6.07 Å². The molecule has 1 aliphatic rings. The van der Waals surface area contributed by atoms with Crippen LogP contribution >= 0.6 is 0 Å². The van der Waals surface area contributed by atoms with Crippen LogP contribution in [0.5, 0.6) is 0 Å². The number of piperidine rings is 1. The summed E-state index contributed by atoms with van der Waals surface area (Å²) in [6, 6.07) is 1.87. The third-order valence-electron chi connectivity index (χ3n) is 4.30. The molecule has 1 fully saturated rings. The molecule has 0 saturated carbocycles. The molecule has 1 aromatic heterocycles. The fourth-order valence-electron chi connectivity index (χ4n) is 2.53. The number of nitrogens with one attached hydrogen (secondary N) is 2. The van der Waals surface area contributed by atoms with E-state index >= 15 is 0 Å². The Kier molecular flexibility index (Phi) is 5.00. The van der Waals surface area contributed by atoms with Crippen LogP contribution in [0, 0.1) is 5.41 Å². The van der Waals surface area contributed by atoms with Gasteiger partial charge >= 0.3 is 0 Å². The number of nitrogens with zero attached hydrogens (tertiary/aromatic N) is 3. The van der Waals surface area contributed by atoms with E-state index < -0.39 is 0 Å². The molecule has 1 aromatic rings. The highest BCUT2D eigenvalue weighted by Gasteiger charge is 2.28. The summed E-state index contributed by atoms with van der Waals surface area (Å²) in [7, 11) is 2.19. The van der Waals surface area contributed by atoms with E-state index in [1.54, 1.807) is 0 Å². The van der Waals surface area contributed by atoms with Crippen LogP contribution < -0.4 is 16.6 Å². The van der Waals surface area contributed by atoms with Gasteiger partial charge in [0.1, 0.15) is 17.5 Å². The van der Waals surface area contributed by atoms with Crippen LogP contribution in [0.15, 0.2) is 6.07 Å². The zero-order valence-corrected chi connectivity index (χ0v) is 13.6. The van der Waals surface area contributed by atoms with Gasteiger partial charge in [-0.2, -0.15) is 0 Å². The number of likely N-dealkylation sites (tertiary alicyclic amines) is 1. The Labute approximate surface area is 127 Å². The molecule has 0 bridgehead atoms. The van der Waals surface area contributed by atoms with E-state index in [-0.39, 0.29) is 5.92 Å². The second-order valence-corrected chi connectivity index (χ2v) is 6.76. The summed E-state index contributed by atoms with van der Waals surface area (Å²) < 4.78 is 0. The van der Waals surface area contributed by atoms with E-state index in [0.717, 1.165) is 31.3 Å². The molecule has 0 radical (unpaired) electrons. The Hall–Kier alpha value is -1.40. The van der Waals surface area contributed by atoms with Gasteiger partial charge in [0.25, 0.3) is 0 Å². The molecule has 1 aliphatic heterocycles. The summed E-state index contributed by atoms with van der Waals surface area (Å²) in [6.45, 7) is 9.76. The molecule has 4 N–H and O–H groups in total. The van der Waals surface area contributed by atoms with Gasteiger partial charge in [-0.25, -0.2) is 15.8 Å². The van der Waals surface area contributed by atoms with E-state index in [2.05, 4.69) is 53.4 Å². The molecule has 0 atom stereocenters. The highest BCUT2D eigenvalue weighted by atomic mass is 15.3. The summed E-state index contributed by atoms with van der Waals surface area (Å²) in [4.78, 5) is 11.4. The maximum Gasteiger partial charge on any atom is 0.145 e. The number of nitrogens with two attached hydrogens (primary N) is 1. The van der Waals surface area contributed by atoms with Gasteiger partial charge in [-0.05, 0) is 38.4 Å². The highest BCUT2D eigenvalue weighted by molar-refractivity contribution is 5.47. The largest absolute Gasteiger partial charge is 0.369 e. The van der Waals surface area contributed by atoms with Crippen molar-refractivity contribution >= 4 is 11.6 Å². The first kappa shape index (κ1) is 16.0. The minimum absolute atomic E-state index is 0.276. The third kappa shape index (κ3) is 4.28. The predicted octanol–water partition coefficient (Wildman–Crippen LogP) is 2.03. The Morgan fingerprint density at radius 2 is 1.90 bits per heavy atom. The monoisotopic (exact) mass is 292 g/mol. The van der Waals surface area contributed by atoms with Crippen molar-refractivity contribution in [3.8, 4) is 0 Å². The fraction of sp³-hybridized carbons (Fsp3) is 0.733. The SMILES string of the molecule is CC(C)c1nc(NN)cc(NCC2(C)CCN(C)CC2)n1. The lowest BCUT2D eigenvalue weighted by atomic mass is 9.80. The van der Waals surface area contributed by atoms with Gasteiger partial charge in [0.05, 0.1) is 0 Å². The standard InChI is InChI=1S/C15H28N6/c1-11(2)14-18-12(9-13(19-14)20-16)17-10-15(3)5-7-21(4)8-6-15/h9,11H,5-8,10,16H2,1-4H3,(H2,17,18,19,20). The average Bonchev–Trinajstić information content (AvgIpc) is 2.48. The molecule has 1 saturated heterocycles. The number of nitrogen functional groups attached to an aromatic ring is 1. The third-order valence-corrected chi connectivity index (χ3v) is 4.30. The molecule has 0 aromatic carbocycles. The number of hydrazine groups is 1. The topological polar surface area (TPSA) is 79.1 Å². The van der Waals surface area contributed by atoms with Gasteiger partial charge in [0.15, 0.2) is 0 Å². The molecule has 21 heavy (non-hydrogen) atoms. The molecule has 0 aliphatic carbocycles. The predicted molar refractivity (Wildman–Crippen MR) is 87.3 cm³/mol. The van der Waals surface area contributed by atoms with Gasteiger partial charge in [0.2, 0.25) is 0 Å². The van der Waals surface area contributed by atoms with E-state index in [1.165, 1.54) is 12.8 Å². The van der Waals surface area contributed by atoms with Crippen LogP contribution in [0.1, 0.15) is 45.4 Å². The summed E-state index contributed by atoms with van der Waals surface area (Å²) in [5.74, 6) is 8.08. The molecule has 2 rings (SSSR count). The van der Waals surface area contributed by atoms with Gasteiger partial charge in [-0.3, -0.25) is 0 Å². The Balaban J connectivity index is 2.04. The maximum atomic E-state index is 5.49. The minimum atomic E-state index is 0.276. The van der Waals surface area contributed by atoms with Gasteiger partial charge in [-0.15, -0.1) is 0 Å². The second kappa shape index (κ2) is 6.58. The first-order valence-electron chi connectivity index (χ1n) is 7.70. The van der Waals surface area contributed by atoms with Crippen molar-refractivity contribution in [3.05, 3.63) is 11.9 Å². The molecule has 0 amide bonds. The van der Waals surface area contributed by atoms with Crippen LogP contribution in [0.4, 0.5) is 11.6 Å². The van der Waals surface area contributed by atoms with Crippen molar-refractivity contribution in [2.45, 2.75) is 39.5 Å².